The normalized spacial score (nSPS) is 25.5. The fraction of sp³-hybridized carbons (Fsp3) is 0.621. The Morgan fingerprint density at radius 3 is 2.08 bits per heavy atom. The van der Waals surface area contributed by atoms with E-state index in [9.17, 15) is 14.4 Å². The van der Waals surface area contributed by atoms with Gasteiger partial charge in [-0.3, -0.25) is 14.4 Å². The van der Waals surface area contributed by atoms with Gasteiger partial charge in [-0.05, 0) is 98.7 Å². The zero-order valence-corrected chi connectivity index (χ0v) is 23.2. The molecule has 37 heavy (non-hydrogen) atoms. The second-order valence-electron chi connectivity index (χ2n) is 11.3. The van der Waals surface area contributed by atoms with Gasteiger partial charge in [-0.2, -0.15) is 0 Å². The van der Waals surface area contributed by atoms with E-state index in [-0.39, 0.29) is 51.0 Å². The summed E-state index contributed by atoms with van der Waals surface area (Å²) in [4.78, 5) is 37.1. The summed E-state index contributed by atoms with van der Waals surface area (Å²) in [7, 11) is 0. The van der Waals surface area contributed by atoms with Gasteiger partial charge in [0.2, 0.25) is 5.91 Å². The Morgan fingerprint density at radius 1 is 0.946 bits per heavy atom. The Hall–Kier alpha value is -2.05. The molecule has 4 aliphatic rings. The van der Waals surface area contributed by atoms with Crippen LogP contribution in [0.15, 0.2) is 24.3 Å². The quantitative estimate of drug-likeness (QED) is 0.176. The third-order valence-electron chi connectivity index (χ3n) is 8.35. The Balaban J connectivity index is 1.10. The summed E-state index contributed by atoms with van der Waals surface area (Å²) >= 11 is 12.5. The Bertz CT molecular complexity index is 1020. The lowest BCUT2D eigenvalue weighted by atomic mass is 9.49. The van der Waals surface area contributed by atoms with Crippen molar-refractivity contribution in [2.45, 2.75) is 71.1 Å². The maximum Gasteiger partial charge on any atom is 0.257 e. The van der Waals surface area contributed by atoms with E-state index in [0.717, 1.165) is 30.6 Å². The van der Waals surface area contributed by atoms with E-state index in [2.05, 4.69) is 17.2 Å². The molecular weight excluding hydrogens is 511 g/mol. The highest BCUT2D eigenvalue weighted by molar-refractivity contribution is 6.45. The van der Waals surface area contributed by atoms with Crippen molar-refractivity contribution in [2.24, 2.45) is 23.2 Å². The van der Waals surface area contributed by atoms with E-state index in [1.54, 1.807) is 0 Å². The molecule has 4 fully saturated rings. The summed E-state index contributed by atoms with van der Waals surface area (Å²) in [5, 5.41) is 6.08. The lowest BCUT2D eigenvalue weighted by Crippen LogP contribution is -2.48. The van der Waals surface area contributed by atoms with Gasteiger partial charge >= 0.3 is 0 Å². The fourth-order valence-corrected chi connectivity index (χ4v) is 7.44. The van der Waals surface area contributed by atoms with Gasteiger partial charge in [0.15, 0.2) is 12.4 Å². The van der Waals surface area contributed by atoms with Crippen molar-refractivity contribution in [1.82, 2.24) is 10.6 Å². The number of Topliss-reactive ketones (excluding diaryl/α,β-unsaturated/α-hetero) is 1. The number of unbranched alkanes of at least 4 members (excludes halogenated alkanes) is 1. The van der Waals surface area contributed by atoms with Crippen LogP contribution in [0.1, 0.15) is 81.5 Å². The van der Waals surface area contributed by atoms with Crippen LogP contribution in [0, 0.1) is 23.2 Å². The summed E-state index contributed by atoms with van der Waals surface area (Å²) in [6.45, 7) is 6.48. The molecule has 4 saturated carbocycles. The van der Waals surface area contributed by atoms with Crippen LogP contribution < -0.4 is 15.4 Å². The minimum absolute atomic E-state index is 0.0874. The number of rotatable bonds is 13. The first-order valence-electron chi connectivity index (χ1n) is 13.6. The summed E-state index contributed by atoms with van der Waals surface area (Å²) < 4.78 is 5.51. The predicted molar refractivity (Wildman–Crippen MR) is 146 cm³/mol. The molecule has 2 amide bonds. The van der Waals surface area contributed by atoms with Crippen molar-refractivity contribution in [1.29, 1.82) is 0 Å². The molecule has 0 radical (unpaired) electrons. The zero-order valence-electron chi connectivity index (χ0n) is 21.7. The molecule has 0 saturated heterocycles. The van der Waals surface area contributed by atoms with Crippen LogP contribution in [0.2, 0.25) is 10.0 Å². The molecule has 0 aliphatic heterocycles. The van der Waals surface area contributed by atoms with Crippen LogP contribution in [0.4, 0.5) is 0 Å². The van der Waals surface area contributed by atoms with Gasteiger partial charge in [-0.1, -0.05) is 36.7 Å². The smallest absolute Gasteiger partial charge is 0.257 e. The number of carbonyl (C=O) groups excluding carboxylic acids is 3. The molecule has 4 bridgehead atoms. The Kier molecular flexibility index (Phi) is 9.23. The second kappa shape index (κ2) is 12.2. The molecule has 0 heterocycles. The number of amides is 2. The standard InChI is InChI=1S/C29H38Cl2N2O4/c1-3-18(2)28(36)22-6-7-23(27(31)26(22)30)37-17-25(35)33-9-5-4-8-32-24(34)16-29-13-19-10-20(14-29)12-21(11-19)15-29/h6-7,19-21H,2-5,8-17H2,1H3,(H,32,34)(H,33,35). The third-order valence-corrected chi connectivity index (χ3v) is 9.21. The largest absolute Gasteiger partial charge is 0.482 e. The molecule has 0 atom stereocenters. The molecule has 1 aromatic rings. The van der Waals surface area contributed by atoms with E-state index >= 15 is 0 Å². The van der Waals surface area contributed by atoms with Gasteiger partial charge in [0.1, 0.15) is 10.8 Å². The summed E-state index contributed by atoms with van der Waals surface area (Å²) in [5.41, 5.74) is 0.966. The maximum atomic E-state index is 12.6. The SMILES string of the molecule is C=C(CC)C(=O)c1ccc(OCC(=O)NCCCCNC(=O)CC23CC4CC(CC(C4)C2)C3)c(Cl)c1Cl. The average molecular weight is 550 g/mol. The first-order chi connectivity index (χ1) is 17.7. The topological polar surface area (TPSA) is 84.5 Å². The summed E-state index contributed by atoms with van der Waals surface area (Å²) in [6.07, 6.45) is 10.7. The molecule has 0 unspecified atom stereocenters. The number of carbonyl (C=O) groups is 3. The van der Waals surface area contributed by atoms with Crippen molar-refractivity contribution in [3.8, 4) is 5.75 Å². The molecule has 6 nitrogen and oxygen atoms in total. The molecule has 0 aromatic heterocycles. The molecule has 202 valence electrons. The molecule has 0 spiro atoms. The van der Waals surface area contributed by atoms with Crippen LogP contribution in [-0.2, 0) is 9.59 Å². The first-order valence-corrected chi connectivity index (χ1v) is 14.3. The predicted octanol–water partition coefficient (Wildman–Crippen LogP) is 6.14. The van der Waals surface area contributed by atoms with Gasteiger partial charge in [0.25, 0.3) is 5.91 Å². The number of ketones is 1. The lowest BCUT2D eigenvalue weighted by Gasteiger charge is -2.56. The number of benzene rings is 1. The van der Waals surface area contributed by atoms with Gasteiger partial charge < -0.3 is 15.4 Å². The van der Waals surface area contributed by atoms with Crippen molar-refractivity contribution < 1.29 is 19.1 Å². The minimum atomic E-state index is -0.280. The van der Waals surface area contributed by atoms with Crippen LogP contribution in [-0.4, -0.2) is 37.3 Å². The maximum absolute atomic E-state index is 12.6. The Labute approximate surface area is 229 Å². The van der Waals surface area contributed by atoms with Crippen molar-refractivity contribution in [3.63, 3.8) is 0 Å². The van der Waals surface area contributed by atoms with Gasteiger partial charge in [0.05, 0.1) is 5.02 Å². The average Bonchev–Trinajstić information content (AvgIpc) is 2.85. The number of allylic oxidation sites excluding steroid dienone is 1. The highest BCUT2D eigenvalue weighted by Crippen LogP contribution is 2.61. The van der Waals surface area contributed by atoms with Crippen LogP contribution in [0.5, 0.6) is 5.75 Å². The highest BCUT2D eigenvalue weighted by Gasteiger charge is 2.51. The van der Waals surface area contributed by atoms with Crippen LogP contribution in [0.3, 0.4) is 0 Å². The monoisotopic (exact) mass is 548 g/mol. The molecule has 5 rings (SSSR count). The molecule has 1 aromatic carbocycles. The Morgan fingerprint density at radius 2 is 1.51 bits per heavy atom. The van der Waals surface area contributed by atoms with Gasteiger partial charge in [-0.25, -0.2) is 0 Å². The molecular formula is C29H38Cl2N2O4. The van der Waals surface area contributed by atoms with Gasteiger partial charge in [0, 0.05) is 25.1 Å². The van der Waals surface area contributed by atoms with Crippen molar-refractivity contribution >= 4 is 40.8 Å². The highest BCUT2D eigenvalue weighted by atomic mass is 35.5. The number of ether oxygens (including phenoxy) is 1. The van der Waals surface area contributed by atoms with E-state index in [1.807, 2.05) is 6.92 Å². The second-order valence-corrected chi connectivity index (χ2v) is 12.1. The van der Waals surface area contributed by atoms with Crippen LogP contribution >= 0.6 is 23.2 Å². The lowest BCUT2D eigenvalue weighted by molar-refractivity contribution is -0.129. The fourth-order valence-electron chi connectivity index (χ4n) is 6.98. The van der Waals surface area contributed by atoms with E-state index in [4.69, 9.17) is 27.9 Å². The number of nitrogens with one attached hydrogen (secondary N) is 2. The van der Waals surface area contributed by atoms with E-state index in [0.29, 0.717) is 31.5 Å². The summed E-state index contributed by atoms with van der Waals surface area (Å²) in [5.74, 6) is 2.45. The van der Waals surface area contributed by atoms with Gasteiger partial charge in [-0.15, -0.1) is 0 Å². The van der Waals surface area contributed by atoms with Crippen LogP contribution in [0.25, 0.3) is 0 Å². The van der Waals surface area contributed by atoms with Crippen molar-refractivity contribution in [3.05, 3.63) is 39.9 Å². The molecule has 2 N–H and O–H groups in total. The number of hydrogen-bond donors (Lipinski definition) is 2. The molecule has 8 heteroatoms. The minimum Gasteiger partial charge on any atom is -0.482 e. The van der Waals surface area contributed by atoms with E-state index in [1.165, 1.54) is 50.7 Å². The van der Waals surface area contributed by atoms with E-state index < -0.39 is 0 Å². The number of halogens is 2. The number of hydrogen-bond acceptors (Lipinski definition) is 4. The zero-order chi connectivity index (χ0) is 26.6. The van der Waals surface area contributed by atoms with Crippen molar-refractivity contribution in [2.75, 3.05) is 19.7 Å². The molecule has 4 aliphatic carbocycles. The summed E-state index contributed by atoms with van der Waals surface area (Å²) in [6, 6.07) is 3.06. The third kappa shape index (κ3) is 6.88. The first kappa shape index (κ1) is 28.0.